The second kappa shape index (κ2) is 11.6. The molecule has 2 aromatic rings. The van der Waals surface area contributed by atoms with Gasteiger partial charge in [-0.05, 0) is 49.6 Å². The molecule has 178 valence electrons. The maximum atomic E-state index is 13.0. The summed E-state index contributed by atoms with van der Waals surface area (Å²) in [6, 6.07) is 10.7. The number of carbonyl (C=O) groups is 2. The number of ether oxygens (including phenoxy) is 1. The summed E-state index contributed by atoms with van der Waals surface area (Å²) in [5.41, 5.74) is 0.605. The lowest BCUT2D eigenvalue weighted by atomic mass is 10.1. The Morgan fingerprint density at radius 1 is 1.03 bits per heavy atom. The summed E-state index contributed by atoms with van der Waals surface area (Å²) in [4.78, 5) is 25.6. The fourth-order valence-corrected chi connectivity index (χ4v) is 5.33. The van der Waals surface area contributed by atoms with Crippen molar-refractivity contribution in [2.24, 2.45) is 0 Å². The third-order valence-corrected chi connectivity index (χ3v) is 7.59. The molecule has 10 heteroatoms. The number of para-hydroxylation sites is 1. The Bertz CT molecular complexity index is 1100. The third kappa shape index (κ3) is 6.32. The molecule has 0 spiro atoms. The number of hydrogen-bond acceptors (Lipinski definition) is 5. The van der Waals surface area contributed by atoms with Crippen molar-refractivity contribution in [3.63, 3.8) is 0 Å². The topological polar surface area (TPSA) is 105 Å². The number of piperidine rings is 1. The van der Waals surface area contributed by atoms with Gasteiger partial charge in [0.25, 0.3) is 11.8 Å². The van der Waals surface area contributed by atoms with Crippen LogP contribution in [-0.2, 0) is 14.8 Å². The molecule has 0 radical (unpaired) electrons. The highest BCUT2D eigenvalue weighted by molar-refractivity contribution is 7.89. The summed E-state index contributed by atoms with van der Waals surface area (Å²) in [6.45, 7) is 1.86. The third-order valence-electron chi connectivity index (χ3n) is 5.37. The Balaban J connectivity index is 1.80. The molecule has 1 saturated heterocycles. The number of anilines is 1. The van der Waals surface area contributed by atoms with Crippen LogP contribution < -0.4 is 10.6 Å². The standard InChI is InChI=1S/C23H28ClN3O5S/c1-32-15-7-12-25-22(28)18-8-3-4-9-21(18)26-23(29)19-16-17(10-11-20(19)24)33(30,31)27-13-5-2-6-14-27/h3-4,8-11,16H,2,5-7,12-15H2,1H3,(H,25,28)(H,26,29). The monoisotopic (exact) mass is 493 g/mol. The van der Waals surface area contributed by atoms with Crippen LogP contribution in [0.15, 0.2) is 47.4 Å². The average molecular weight is 494 g/mol. The van der Waals surface area contributed by atoms with E-state index in [1.807, 2.05) is 0 Å². The molecule has 1 heterocycles. The SMILES string of the molecule is COCCCNC(=O)c1ccccc1NC(=O)c1cc(S(=O)(=O)N2CCCCC2)ccc1Cl. The van der Waals surface area contributed by atoms with E-state index < -0.39 is 15.9 Å². The number of benzene rings is 2. The molecule has 2 aromatic carbocycles. The largest absolute Gasteiger partial charge is 0.385 e. The molecule has 2 amide bonds. The van der Waals surface area contributed by atoms with Crippen molar-refractivity contribution in [2.45, 2.75) is 30.6 Å². The van der Waals surface area contributed by atoms with Gasteiger partial charge >= 0.3 is 0 Å². The molecule has 1 aliphatic rings. The Hall–Kier alpha value is -2.46. The molecule has 0 bridgehead atoms. The normalized spacial score (nSPS) is 14.6. The highest BCUT2D eigenvalue weighted by atomic mass is 35.5. The van der Waals surface area contributed by atoms with Gasteiger partial charge in [0.2, 0.25) is 10.0 Å². The molecule has 3 rings (SSSR count). The Morgan fingerprint density at radius 2 is 1.76 bits per heavy atom. The summed E-state index contributed by atoms with van der Waals surface area (Å²) < 4.78 is 32.4. The van der Waals surface area contributed by atoms with Gasteiger partial charge in [-0.3, -0.25) is 9.59 Å². The molecule has 33 heavy (non-hydrogen) atoms. The summed E-state index contributed by atoms with van der Waals surface area (Å²) >= 11 is 6.23. The molecular formula is C23H28ClN3O5S. The molecule has 0 saturated carbocycles. The Kier molecular flexibility index (Phi) is 8.85. The van der Waals surface area contributed by atoms with Gasteiger partial charge in [0.1, 0.15) is 0 Å². The quantitative estimate of drug-likeness (QED) is 0.520. The van der Waals surface area contributed by atoms with Crippen molar-refractivity contribution in [1.82, 2.24) is 9.62 Å². The van der Waals surface area contributed by atoms with Crippen LogP contribution in [0, 0.1) is 0 Å². The first-order valence-electron chi connectivity index (χ1n) is 10.8. The maximum absolute atomic E-state index is 13.0. The lowest BCUT2D eigenvalue weighted by Gasteiger charge is -2.26. The van der Waals surface area contributed by atoms with Gasteiger partial charge in [0.05, 0.1) is 26.7 Å². The molecule has 1 aliphatic heterocycles. The van der Waals surface area contributed by atoms with E-state index in [0.29, 0.717) is 38.3 Å². The van der Waals surface area contributed by atoms with E-state index in [9.17, 15) is 18.0 Å². The number of hydrogen-bond donors (Lipinski definition) is 2. The molecule has 8 nitrogen and oxygen atoms in total. The van der Waals surface area contributed by atoms with Gasteiger partial charge in [0.15, 0.2) is 0 Å². The minimum Gasteiger partial charge on any atom is -0.385 e. The van der Waals surface area contributed by atoms with Crippen LogP contribution in [0.1, 0.15) is 46.4 Å². The van der Waals surface area contributed by atoms with E-state index in [0.717, 1.165) is 19.3 Å². The first kappa shape index (κ1) is 25.2. The van der Waals surface area contributed by atoms with E-state index in [4.69, 9.17) is 16.3 Å². The second-order valence-corrected chi connectivity index (χ2v) is 10.1. The van der Waals surface area contributed by atoms with Gasteiger partial charge in [-0.2, -0.15) is 4.31 Å². The Labute approximate surface area is 199 Å². The van der Waals surface area contributed by atoms with Crippen LogP contribution in [0.2, 0.25) is 5.02 Å². The van der Waals surface area contributed by atoms with Gasteiger partial charge < -0.3 is 15.4 Å². The minimum absolute atomic E-state index is 0.0168. The number of halogens is 1. The lowest BCUT2D eigenvalue weighted by molar-refractivity contribution is 0.0949. The molecule has 1 fully saturated rings. The van der Waals surface area contributed by atoms with Crippen LogP contribution in [0.5, 0.6) is 0 Å². The van der Waals surface area contributed by atoms with Crippen LogP contribution in [0.25, 0.3) is 0 Å². The summed E-state index contributed by atoms with van der Waals surface area (Å²) in [7, 11) is -2.14. The van der Waals surface area contributed by atoms with Gasteiger partial charge in [-0.25, -0.2) is 8.42 Å². The van der Waals surface area contributed by atoms with Crippen LogP contribution in [0.3, 0.4) is 0 Å². The number of amides is 2. The first-order chi connectivity index (χ1) is 15.8. The van der Waals surface area contributed by atoms with Gasteiger partial charge in [-0.1, -0.05) is 30.2 Å². The van der Waals surface area contributed by atoms with Crippen molar-refractivity contribution in [3.8, 4) is 0 Å². The molecule has 0 unspecified atom stereocenters. The van der Waals surface area contributed by atoms with Gasteiger partial charge in [0, 0.05) is 33.4 Å². The van der Waals surface area contributed by atoms with Crippen molar-refractivity contribution < 1.29 is 22.7 Å². The van der Waals surface area contributed by atoms with Crippen molar-refractivity contribution >= 4 is 39.1 Å². The van der Waals surface area contributed by atoms with E-state index in [1.54, 1.807) is 31.4 Å². The molecule has 2 N–H and O–H groups in total. The number of nitrogens with zero attached hydrogens (tertiary/aromatic N) is 1. The maximum Gasteiger partial charge on any atom is 0.257 e. The Morgan fingerprint density at radius 3 is 2.48 bits per heavy atom. The highest BCUT2D eigenvalue weighted by Gasteiger charge is 2.27. The van der Waals surface area contributed by atoms with Crippen LogP contribution in [0.4, 0.5) is 5.69 Å². The molecule has 0 aliphatic carbocycles. The number of rotatable bonds is 9. The summed E-state index contributed by atoms with van der Waals surface area (Å²) in [5, 5.41) is 5.59. The van der Waals surface area contributed by atoms with E-state index >= 15 is 0 Å². The van der Waals surface area contributed by atoms with Crippen molar-refractivity contribution in [1.29, 1.82) is 0 Å². The first-order valence-corrected chi connectivity index (χ1v) is 12.6. The average Bonchev–Trinajstić information content (AvgIpc) is 2.82. The molecule has 0 atom stereocenters. The second-order valence-electron chi connectivity index (χ2n) is 7.71. The van der Waals surface area contributed by atoms with Gasteiger partial charge in [-0.15, -0.1) is 0 Å². The minimum atomic E-state index is -3.72. The highest BCUT2D eigenvalue weighted by Crippen LogP contribution is 2.26. The zero-order valence-corrected chi connectivity index (χ0v) is 20.0. The fraction of sp³-hybridized carbons (Fsp3) is 0.391. The van der Waals surface area contributed by atoms with E-state index in [-0.39, 0.29) is 27.0 Å². The zero-order valence-electron chi connectivity index (χ0n) is 18.5. The van der Waals surface area contributed by atoms with Crippen LogP contribution in [-0.4, -0.2) is 57.9 Å². The van der Waals surface area contributed by atoms with Crippen molar-refractivity contribution in [3.05, 3.63) is 58.6 Å². The number of sulfonamides is 1. The summed E-state index contributed by atoms with van der Waals surface area (Å²) in [5.74, 6) is -0.940. The number of nitrogens with one attached hydrogen (secondary N) is 2. The smallest absolute Gasteiger partial charge is 0.257 e. The predicted molar refractivity (Wildman–Crippen MR) is 127 cm³/mol. The molecular weight excluding hydrogens is 466 g/mol. The lowest BCUT2D eigenvalue weighted by Crippen LogP contribution is -2.35. The number of methoxy groups -OCH3 is 1. The fourth-order valence-electron chi connectivity index (χ4n) is 3.59. The number of carbonyl (C=O) groups excluding carboxylic acids is 2. The van der Waals surface area contributed by atoms with E-state index in [1.165, 1.54) is 22.5 Å². The predicted octanol–water partition coefficient (Wildman–Crippen LogP) is 3.53. The van der Waals surface area contributed by atoms with E-state index in [2.05, 4.69) is 10.6 Å². The van der Waals surface area contributed by atoms with Crippen LogP contribution >= 0.6 is 11.6 Å². The zero-order chi connectivity index (χ0) is 23.8. The van der Waals surface area contributed by atoms with Crippen molar-refractivity contribution in [2.75, 3.05) is 38.7 Å². The molecule has 0 aromatic heterocycles. The summed E-state index contributed by atoms with van der Waals surface area (Å²) in [6.07, 6.45) is 3.28.